The largest absolute Gasteiger partial charge is 0.377 e. The van der Waals surface area contributed by atoms with Crippen molar-refractivity contribution in [3.8, 4) is 0 Å². The number of fused-ring (bicyclic) bond motifs is 2. The average Bonchev–Trinajstić information content (AvgIpc) is 3.27. The third-order valence-corrected chi connectivity index (χ3v) is 9.36. The predicted octanol–water partition coefficient (Wildman–Crippen LogP) is 4.91. The molecule has 2 aliphatic rings. The third-order valence-electron chi connectivity index (χ3n) is 7.47. The molecule has 6 rings (SSSR count). The van der Waals surface area contributed by atoms with Gasteiger partial charge in [-0.1, -0.05) is 48.5 Å². The molecule has 0 aromatic heterocycles. The van der Waals surface area contributed by atoms with Gasteiger partial charge >= 0.3 is 0 Å². The van der Waals surface area contributed by atoms with Gasteiger partial charge in [-0.15, -0.1) is 0 Å². The molecule has 0 saturated carbocycles. The van der Waals surface area contributed by atoms with E-state index in [2.05, 4.69) is 10.2 Å². The standard InChI is InChI=1S/C31H30N4O3S/c1-33(2)30-9-5-6-23-21-25(14-15-26(23)30)39(37,38)35-18-16-34(17-19-35)24-12-10-22(11-13-24)20-28-27-7-3-4-8-29(27)32-31(28)36/h3-15,20-21H,16-19H2,1-2H3,(H,32,36)/b28-20-. The van der Waals surface area contributed by atoms with E-state index in [1.54, 1.807) is 16.4 Å². The van der Waals surface area contributed by atoms with Crippen LogP contribution in [0.15, 0.2) is 89.8 Å². The van der Waals surface area contributed by atoms with Crippen molar-refractivity contribution in [2.24, 2.45) is 0 Å². The summed E-state index contributed by atoms with van der Waals surface area (Å²) in [5.41, 5.74) is 5.43. The molecule has 0 atom stereocenters. The summed E-state index contributed by atoms with van der Waals surface area (Å²) in [6.45, 7) is 2.04. The topological polar surface area (TPSA) is 73.0 Å². The summed E-state index contributed by atoms with van der Waals surface area (Å²) in [7, 11) is 0.371. The van der Waals surface area contributed by atoms with Gasteiger partial charge in [0.15, 0.2) is 0 Å². The molecule has 1 saturated heterocycles. The molecule has 1 amide bonds. The second kappa shape index (κ2) is 9.87. The van der Waals surface area contributed by atoms with Crippen molar-refractivity contribution < 1.29 is 13.2 Å². The normalized spacial score (nSPS) is 16.9. The molecule has 7 nitrogen and oxygen atoms in total. The van der Waals surface area contributed by atoms with Gasteiger partial charge in [-0.05, 0) is 53.4 Å². The Bertz CT molecular complexity index is 1700. The van der Waals surface area contributed by atoms with Crippen molar-refractivity contribution in [1.82, 2.24) is 4.31 Å². The van der Waals surface area contributed by atoms with Gasteiger partial charge in [0.1, 0.15) is 0 Å². The Labute approximate surface area is 229 Å². The lowest BCUT2D eigenvalue weighted by molar-refractivity contribution is -0.110. The van der Waals surface area contributed by atoms with E-state index in [0.29, 0.717) is 36.6 Å². The number of benzene rings is 4. The van der Waals surface area contributed by atoms with E-state index in [0.717, 1.165) is 39.0 Å². The number of sulfonamides is 1. The molecule has 4 aromatic rings. The SMILES string of the molecule is CN(C)c1cccc2cc(S(=O)(=O)N3CCN(c4ccc(/C=C5\C(=O)Nc6ccccc65)cc4)CC3)ccc12. The van der Waals surface area contributed by atoms with E-state index in [1.807, 2.05) is 97.9 Å². The second-order valence-corrected chi connectivity index (χ2v) is 12.0. The Kier molecular flexibility index (Phi) is 6.37. The van der Waals surface area contributed by atoms with Crippen LogP contribution in [-0.4, -0.2) is 58.9 Å². The van der Waals surface area contributed by atoms with Crippen LogP contribution in [0.5, 0.6) is 0 Å². The number of nitrogens with zero attached hydrogens (tertiary/aromatic N) is 3. The minimum atomic E-state index is -3.59. The predicted molar refractivity (Wildman–Crippen MR) is 159 cm³/mol. The summed E-state index contributed by atoms with van der Waals surface area (Å²) in [4.78, 5) is 17.0. The van der Waals surface area contributed by atoms with Crippen molar-refractivity contribution in [2.45, 2.75) is 4.90 Å². The van der Waals surface area contributed by atoms with Crippen LogP contribution < -0.4 is 15.1 Å². The average molecular weight is 539 g/mol. The minimum absolute atomic E-state index is 0.0952. The van der Waals surface area contributed by atoms with Gasteiger partial charge in [-0.2, -0.15) is 4.31 Å². The molecule has 8 heteroatoms. The van der Waals surface area contributed by atoms with Crippen molar-refractivity contribution in [3.63, 3.8) is 0 Å². The van der Waals surface area contributed by atoms with Crippen LogP contribution in [0, 0.1) is 0 Å². The van der Waals surface area contributed by atoms with Crippen molar-refractivity contribution >= 4 is 55.4 Å². The van der Waals surface area contributed by atoms with Crippen molar-refractivity contribution in [3.05, 3.63) is 96.1 Å². The maximum Gasteiger partial charge on any atom is 0.256 e. The lowest BCUT2D eigenvalue weighted by atomic mass is 10.0. The molecule has 0 aliphatic carbocycles. The Hall–Kier alpha value is -4.14. The fourth-order valence-corrected chi connectivity index (χ4v) is 6.82. The molecule has 0 unspecified atom stereocenters. The van der Waals surface area contributed by atoms with E-state index >= 15 is 0 Å². The quantitative estimate of drug-likeness (QED) is 0.366. The second-order valence-electron chi connectivity index (χ2n) is 10.1. The highest BCUT2D eigenvalue weighted by atomic mass is 32.2. The third kappa shape index (κ3) is 4.66. The van der Waals surface area contributed by atoms with Gasteiger partial charge in [0, 0.05) is 73.9 Å². The number of hydrogen-bond donors (Lipinski definition) is 1. The first-order chi connectivity index (χ1) is 18.8. The number of piperazine rings is 1. The Morgan fingerprint density at radius 2 is 1.59 bits per heavy atom. The molecular weight excluding hydrogens is 508 g/mol. The maximum atomic E-state index is 13.5. The summed E-state index contributed by atoms with van der Waals surface area (Å²) in [6, 6.07) is 27.1. The Morgan fingerprint density at radius 3 is 2.33 bits per heavy atom. The molecule has 2 aliphatic heterocycles. The summed E-state index contributed by atoms with van der Waals surface area (Å²) in [5, 5.41) is 4.85. The first-order valence-electron chi connectivity index (χ1n) is 13.0. The number of carbonyl (C=O) groups is 1. The van der Waals surface area contributed by atoms with Crippen LogP contribution in [0.4, 0.5) is 17.1 Å². The van der Waals surface area contributed by atoms with Gasteiger partial charge in [0.2, 0.25) is 10.0 Å². The highest BCUT2D eigenvalue weighted by molar-refractivity contribution is 7.89. The summed E-state index contributed by atoms with van der Waals surface area (Å²) in [6.07, 6.45) is 1.90. The number of anilines is 3. The van der Waals surface area contributed by atoms with Crippen LogP contribution in [0.25, 0.3) is 22.4 Å². The van der Waals surface area contributed by atoms with Crippen LogP contribution in [-0.2, 0) is 14.8 Å². The molecular formula is C31H30N4O3S. The van der Waals surface area contributed by atoms with Crippen LogP contribution in [0.1, 0.15) is 11.1 Å². The van der Waals surface area contributed by atoms with Gasteiger partial charge in [0.25, 0.3) is 5.91 Å². The van der Waals surface area contributed by atoms with E-state index in [-0.39, 0.29) is 5.91 Å². The zero-order valence-electron chi connectivity index (χ0n) is 22.0. The van der Waals surface area contributed by atoms with Gasteiger partial charge in [-0.25, -0.2) is 8.42 Å². The number of hydrogen-bond acceptors (Lipinski definition) is 5. The lowest BCUT2D eigenvalue weighted by Crippen LogP contribution is -2.48. The summed E-state index contributed by atoms with van der Waals surface area (Å²) < 4.78 is 28.5. The zero-order chi connectivity index (χ0) is 27.1. The minimum Gasteiger partial charge on any atom is -0.377 e. The molecule has 39 heavy (non-hydrogen) atoms. The summed E-state index contributed by atoms with van der Waals surface area (Å²) in [5.74, 6) is -0.0952. The van der Waals surface area contributed by atoms with Crippen LogP contribution >= 0.6 is 0 Å². The molecule has 1 fully saturated rings. The highest BCUT2D eigenvalue weighted by Gasteiger charge is 2.29. The van der Waals surface area contributed by atoms with Crippen LogP contribution in [0.2, 0.25) is 0 Å². The van der Waals surface area contributed by atoms with Crippen LogP contribution in [0.3, 0.4) is 0 Å². The summed E-state index contributed by atoms with van der Waals surface area (Å²) >= 11 is 0. The Balaban J connectivity index is 1.15. The molecule has 0 bridgehead atoms. The first-order valence-corrected chi connectivity index (χ1v) is 14.4. The molecule has 2 heterocycles. The molecule has 4 aromatic carbocycles. The van der Waals surface area contributed by atoms with E-state index in [9.17, 15) is 13.2 Å². The zero-order valence-corrected chi connectivity index (χ0v) is 22.8. The van der Waals surface area contributed by atoms with Gasteiger partial charge in [-0.3, -0.25) is 4.79 Å². The van der Waals surface area contributed by atoms with Gasteiger partial charge < -0.3 is 15.1 Å². The Morgan fingerprint density at radius 1 is 0.846 bits per heavy atom. The lowest BCUT2D eigenvalue weighted by Gasteiger charge is -2.35. The molecule has 198 valence electrons. The molecule has 1 N–H and O–H groups in total. The van der Waals surface area contributed by atoms with E-state index in [1.165, 1.54) is 0 Å². The van der Waals surface area contributed by atoms with E-state index in [4.69, 9.17) is 0 Å². The molecule has 0 radical (unpaired) electrons. The fraction of sp³-hybridized carbons (Fsp3) is 0.194. The number of carbonyl (C=O) groups excluding carboxylic acids is 1. The van der Waals surface area contributed by atoms with Gasteiger partial charge in [0.05, 0.1) is 4.90 Å². The first kappa shape index (κ1) is 25.2. The number of amides is 1. The monoisotopic (exact) mass is 538 g/mol. The van der Waals surface area contributed by atoms with E-state index < -0.39 is 10.0 Å². The smallest absolute Gasteiger partial charge is 0.256 e. The molecule has 0 spiro atoms. The van der Waals surface area contributed by atoms with Crippen molar-refractivity contribution in [1.29, 1.82) is 0 Å². The number of rotatable bonds is 5. The van der Waals surface area contributed by atoms with Crippen molar-refractivity contribution in [2.75, 3.05) is 55.4 Å². The number of nitrogens with one attached hydrogen (secondary N) is 1. The number of para-hydroxylation sites is 1. The highest BCUT2D eigenvalue weighted by Crippen LogP contribution is 2.33. The fourth-order valence-electron chi connectivity index (χ4n) is 5.36. The maximum absolute atomic E-state index is 13.5.